The summed E-state index contributed by atoms with van der Waals surface area (Å²) in [5.41, 5.74) is -0.836. The van der Waals surface area contributed by atoms with E-state index in [1.165, 1.54) is 0 Å². The van der Waals surface area contributed by atoms with E-state index in [2.05, 4.69) is 4.98 Å². The van der Waals surface area contributed by atoms with Crippen LogP contribution >= 0.6 is 0 Å². The van der Waals surface area contributed by atoms with Crippen LogP contribution in [0.2, 0.25) is 0 Å². The zero-order chi connectivity index (χ0) is 10.1. The molecule has 0 aliphatic heterocycles. The Bertz CT molecular complexity index is 398. The first-order valence-electron chi connectivity index (χ1n) is 3.10. The molecular formula is C6H4F3NO2S. The molecule has 0 bridgehead atoms. The van der Waals surface area contributed by atoms with Crippen LogP contribution in [-0.4, -0.2) is 13.4 Å². The van der Waals surface area contributed by atoms with Crippen LogP contribution < -0.4 is 0 Å². The van der Waals surface area contributed by atoms with Crippen LogP contribution in [0.5, 0.6) is 0 Å². The van der Waals surface area contributed by atoms with E-state index in [1.54, 1.807) is 0 Å². The van der Waals surface area contributed by atoms with Crippen molar-refractivity contribution in [3.05, 3.63) is 29.6 Å². The standard InChI is InChI=1S/C6H4F3NO2S/c7-5-1-10-2-6(8)4(5)3-13(9,11)12/h1-2H,3H2. The van der Waals surface area contributed by atoms with Crippen molar-refractivity contribution in [2.75, 3.05) is 0 Å². The Balaban J connectivity index is 3.15. The van der Waals surface area contributed by atoms with Crippen LogP contribution in [0.1, 0.15) is 5.56 Å². The van der Waals surface area contributed by atoms with Crippen molar-refractivity contribution in [2.24, 2.45) is 0 Å². The Kier molecular flexibility index (Phi) is 2.55. The Morgan fingerprint density at radius 1 is 1.23 bits per heavy atom. The van der Waals surface area contributed by atoms with Gasteiger partial charge in [-0.25, -0.2) is 8.78 Å². The first-order valence-corrected chi connectivity index (χ1v) is 4.65. The predicted octanol–water partition coefficient (Wildman–Crippen LogP) is 1.16. The minimum atomic E-state index is -4.93. The van der Waals surface area contributed by atoms with Gasteiger partial charge in [0.1, 0.15) is 17.4 Å². The summed E-state index contributed by atoms with van der Waals surface area (Å²) in [5.74, 6) is -3.67. The van der Waals surface area contributed by atoms with Gasteiger partial charge in [0.25, 0.3) is 0 Å². The fourth-order valence-electron chi connectivity index (χ4n) is 0.748. The lowest BCUT2D eigenvalue weighted by Gasteiger charge is -1.99. The molecule has 0 aliphatic rings. The molecule has 0 amide bonds. The third-order valence-corrected chi connectivity index (χ3v) is 1.90. The van der Waals surface area contributed by atoms with Gasteiger partial charge < -0.3 is 0 Å². The average molecular weight is 211 g/mol. The molecule has 0 aromatic carbocycles. The van der Waals surface area contributed by atoms with Gasteiger partial charge in [0.2, 0.25) is 0 Å². The van der Waals surface area contributed by atoms with Crippen molar-refractivity contribution in [1.29, 1.82) is 0 Å². The molecule has 0 N–H and O–H groups in total. The Morgan fingerprint density at radius 3 is 2.08 bits per heavy atom. The second kappa shape index (κ2) is 3.33. The first-order chi connectivity index (χ1) is 5.90. The molecular weight excluding hydrogens is 207 g/mol. The summed E-state index contributed by atoms with van der Waals surface area (Å²) in [4.78, 5) is 3.11. The number of pyridine rings is 1. The molecule has 0 radical (unpaired) electrons. The molecule has 7 heteroatoms. The molecule has 0 saturated carbocycles. The van der Waals surface area contributed by atoms with Gasteiger partial charge >= 0.3 is 10.2 Å². The van der Waals surface area contributed by atoms with Crippen LogP contribution in [0.3, 0.4) is 0 Å². The van der Waals surface area contributed by atoms with E-state index in [1.807, 2.05) is 0 Å². The van der Waals surface area contributed by atoms with Crippen molar-refractivity contribution < 1.29 is 21.1 Å². The monoisotopic (exact) mass is 211 g/mol. The van der Waals surface area contributed by atoms with E-state index < -0.39 is 33.2 Å². The summed E-state index contributed by atoms with van der Waals surface area (Å²) >= 11 is 0. The third kappa shape index (κ3) is 2.69. The molecule has 1 aromatic heterocycles. The van der Waals surface area contributed by atoms with Crippen LogP contribution in [-0.2, 0) is 16.0 Å². The molecule has 1 aromatic rings. The second-order valence-electron chi connectivity index (χ2n) is 2.26. The highest BCUT2D eigenvalue weighted by atomic mass is 32.3. The zero-order valence-corrected chi connectivity index (χ0v) is 6.98. The normalized spacial score (nSPS) is 11.6. The second-order valence-corrected chi connectivity index (χ2v) is 3.63. The minimum absolute atomic E-state index is 0.615. The van der Waals surface area contributed by atoms with E-state index in [0.29, 0.717) is 12.4 Å². The van der Waals surface area contributed by atoms with Gasteiger partial charge in [0.05, 0.1) is 12.4 Å². The maximum absolute atomic E-state index is 12.6. The maximum Gasteiger partial charge on any atom is 0.306 e. The number of nitrogens with zero attached hydrogens (tertiary/aromatic N) is 1. The lowest BCUT2D eigenvalue weighted by Crippen LogP contribution is -2.03. The summed E-state index contributed by atoms with van der Waals surface area (Å²) in [6, 6.07) is 0. The fourth-order valence-corrected chi connectivity index (χ4v) is 1.37. The molecule has 0 aliphatic carbocycles. The SMILES string of the molecule is O=S(=O)(F)Cc1c(F)cncc1F. The van der Waals surface area contributed by atoms with Gasteiger partial charge in [-0.05, 0) is 0 Å². The minimum Gasteiger partial charge on any atom is -0.259 e. The lowest BCUT2D eigenvalue weighted by molar-refractivity contribution is 0.530. The molecule has 0 atom stereocenters. The van der Waals surface area contributed by atoms with Crippen LogP contribution in [0, 0.1) is 11.6 Å². The van der Waals surface area contributed by atoms with Crippen molar-refractivity contribution in [3.8, 4) is 0 Å². The number of hydrogen-bond donors (Lipinski definition) is 0. The number of halogens is 3. The lowest BCUT2D eigenvalue weighted by atomic mass is 10.3. The molecule has 72 valence electrons. The van der Waals surface area contributed by atoms with E-state index in [9.17, 15) is 21.1 Å². The van der Waals surface area contributed by atoms with Crippen molar-refractivity contribution >= 4 is 10.2 Å². The van der Waals surface area contributed by atoms with E-state index in [-0.39, 0.29) is 0 Å². The van der Waals surface area contributed by atoms with Crippen LogP contribution in [0.4, 0.5) is 12.7 Å². The number of hydrogen-bond acceptors (Lipinski definition) is 3. The highest BCUT2D eigenvalue weighted by molar-refractivity contribution is 7.85. The van der Waals surface area contributed by atoms with Gasteiger partial charge in [0.15, 0.2) is 0 Å². The highest BCUT2D eigenvalue weighted by Gasteiger charge is 2.17. The van der Waals surface area contributed by atoms with Crippen molar-refractivity contribution in [2.45, 2.75) is 5.75 Å². The third-order valence-electron chi connectivity index (χ3n) is 1.27. The largest absolute Gasteiger partial charge is 0.306 e. The zero-order valence-electron chi connectivity index (χ0n) is 6.17. The summed E-state index contributed by atoms with van der Waals surface area (Å²) in [5, 5.41) is 0. The van der Waals surface area contributed by atoms with E-state index >= 15 is 0 Å². The van der Waals surface area contributed by atoms with Crippen molar-refractivity contribution in [1.82, 2.24) is 4.98 Å². The average Bonchev–Trinajstić information content (AvgIpc) is 1.95. The van der Waals surface area contributed by atoms with Gasteiger partial charge in [-0.3, -0.25) is 4.98 Å². The number of aromatic nitrogens is 1. The Hall–Kier alpha value is -1.11. The molecule has 1 heterocycles. The van der Waals surface area contributed by atoms with E-state index in [4.69, 9.17) is 0 Å². The molecule has 0 spiro atoms. The van der Waals surface area contributed by atoms with Gasteiger partial charge in [-0.2, -0.15) is 8.42 Å². The van der Waals surface area contributed by atoms with E-state index in [0.717, 1.165) is 0 Å². The summed E-state index contributed by atoms with van der Waals surface area (Å²) in [6.07, 6.45) is 1.23. The van der Waals surface area contributed by atoms with Gasteiger partial charge in [-0.1, -0.05) is 0 Å². The molecule has 1 rings (SSSR count). The van der Waals surface area contributed by atoms with Gasteiger partial charge in [-0.15, -0.1) is 3.89 Å². The van der Waals surface area contributed by atoms with Crippen LogP contribution in [0.25, 0.3) is 0 Å². The first kappa shape index (κ1) is 9.97. The fraction of sp³-hybridized carbons (Fsp3) is 0.167. The topological polar surface area (TPSA) is 47.0 Å². The molecule has 0 unspecified atom stereocenters. The Morgan fingerprint density at radius 2 is 1.69 bits per heavy atom. The molecule has 13 heavy (non-hydrogen) atoms. The molecule has 0 fully saturated rings. The maximum atomic E-state index is 12.6. The quantitative estimate of drug-likeness (QED) is 0.689. The Labute approximate surface area is 72.4 Å². The van der Waals surface area contributed by atoms with Crippen molar-refractivity contribution in [3.63, 3.8) is 0 Å². The summed E-state index contributed by atoms with van der Waals surface area (Å²) < 4.78 is 57.5. The number of rotatable bonds is 2. The summed E-state index contributed by atoms with van der Waals surface area (Å²) in [6.45, 7) is 0. The highest BCUT2D eigenvalue weighted by Crippen LogP contribution is 2.14. The smallest absolute Gasteiger partial charge is 0.259 e. The molecule has 0 saturated heterocycles. The predicted molar refractivity (Wildman–Crippen MR) is 37.9 cm³/mol. The summed E-state index contributed by atoms with van der Waals surface area (Å²) in [7, 11) is -4.93. The van der Waals surface area contributed by atoms with Gasteiger partial charge in [0, 0.05) is 5.56 Å². The van der Waals surface area contributed by atoms with Crippen LogP contribution in [0.15, 0.2) is 12.4 Å². The molecule has 3 nitrogen and oxygen atoms in total.